The number of carbonyl (C=O) groups is 2. The molecular weight excluding hydrogens is 220 g/mol. The smallest absolute Gasteiger partial charge is 0.323 e. The van der Waals surface area contributed by atoms with E-state index in [2.05, 4.69) is 13.8 Å². The summed E-state index contributed by atoms with van der Waals surface area (Å²) in [7, 11) is 0. The molecular formula is C12H22N2O3. The van der Waals surface area contributed by atoms with Crippen molar-refractivity contribution in [3.05, 3.63) is 0 Å². The maximum Gasteiger partial charge on any atom is 0.323 e. The molecule has 0 aromatic rings. The highest BCUT2D eigenvalue weighted by Gasteiger charge is 2.30. The number of carbonyl (C=O) groups excluding carboxylic acids is 1. The number of likely N-dealkylation sites (tertiary alicyclic amines) is 1. The second-order valence-corrected chi connectivity index (χ2v) is 5.34. The molecule has 0 spiro atoms. The Balaban J connectivity index is 2.55. The van der Waals surface area contributed by atoms with Crippen LogP contribution in [0.3, 0.4) is 0 Å². The zero-order valence-electron chi connectivity index (χ0n) is 10.9. The minimum atomic E-state index is -0.961. The molecule has 1 heterocycles. The van der Waals surface area contributed by atoms with Gasteiger partial charge >= 0.3 is 12.0 Å². The van der Waals surface area contributed by atoms with Crippen molar-refractivity contribution in [2.24, 2.45) is 5.41 Å². The molecule has 1 aliphatic rings. The SMILES string of the molecule is CCN(CC(=O)O)C(=O)N1CCC(C)(C)CC1. The van der Waals surface area contributed by atoms with Crippen molar-refractivity contribution in [2.75, 3.05) is 26.2 Å². The van der Waals surface area contributed by atoms with E-state index in [0.29, 0.717) is 12.0 Å². The van der Waals surface area contributed by atoms with Gasteiger partial charge in [0.15, 0.2) is 0 Å². The normalized spacial score (nSPS) is 18.9. The van der Waals surface area contributed by atoms with Gasteiger partial charge in [0.25, 0.3) is 0 Å². The molecule has 0 radical (unpaired) electrons. The molecule has 0 saturated carbocycles. The molecule has 0 aromatic carbocycles. The van der Waals surface area contributed by atoms with Crippen molar-refractivity contribution in [1.82, 2.24) is 9.80 Å². The first-order valence-electron chi connectivity index (χ1n) is 6.11. The van der Waals surface area contributed by atoms with E-state index in [1.165, 1.54) is 4.90 Å². The first-order chi connectivity index (χ1) is 7.85. The Kier molecular flexibility index (Phi) is 4.37. The topological polar surface area (TPSA) is 60.9 Å². The largest absolute Gasteiger partial charge is 0.480 e. The van der Waals surface area contributed by atoms with Crippen LogP contribution in [0.2, 0.25) is 0 Å². The molecule has 0 aliphatic carbocycles. The predicted molar refractivity (Wildman–Crippen MR) is 64.9 cm³/mol. The standard InChI is InChI=1S/C12H22N2O3/c1-4-13(9-10(15)16)11(17)14-7-5-12(2,3)6-8-14/h4-9H2,1-3H3,(H,15,16). The van der Waals surface area contributed by atoms with E-state index >= 15 is 0 Å². The van der Waals surface area contributed by atoms with Crippen LogP contribution in [0.25, 0.3) is 0 Å². The molecule has 5 nitrogen and oxygen atoms in total. The lowest BCUT2D eigenvalue weighted by molar-refractivity contribution is -0.137. The molecule has 0 bridgehead atoms. The van der Waals surface area contributed by atoms with Crippen LogP contribution in [-0.4, -0.2) is 53.1 Å². The molecule has 1 N–H and O–H groups in total. The van der Waals surface area contributed by atoms with Crippen LogP contribution in [0, 0.1) is 5.41 Å². The summed E-state index contributed by atoms with van der Waals surface area (Å²) in [5, 5.41) is 8.73. The molecule has 98 valence electrons. The maximum atomic E-state index is 12.1. The molecule has 0 atom stereocenters. The monoisotopic (exact) mass is 242 g/mol. The van der Waals surface area contributed by atoms with Crippen LogP contribution in [0.1, 0.15) is 33.6 Å². The zero-order valence-corrected chi connectivity index (χ0v) is 10.9. The van der Waals surface area contributed by atoms with Gasteiger partial charge in [-0.05, 0) is 25.2 Å². The van der Waals surface area contributed by atoms with Gasteiger partial charge in [-0.25, -0.2) is 4.79 Å². The number of rotatable bonds is 3. The summed E-state index contributed by atoms with van der Waals surface area (Å²) in [5.41, 5.74) is 0.292. The van der Waals surface area contributed by atoms with E-state index in [4.69, 9.17) is 5.11 Å². The van der Waals surface area contributed by atoms with Gasteiger partial charge in [-0.3, -0.25) is 4.79 Å². The van der Waals surface area contributed by atoms with Gasteiger partial charge in [-0.15, -0.1) is 0 Å². The molecule has 5 heteroatoms. The van der Waals surface area contributed by atoms with Crippen LogP contribution in [0.15, 0.2) is 0 Å². The number of urea groups is 1. The van der Waals surface area contributed by atoms with Crippen molar-refractivity contribution in [2.45, 2.75) is 33.6 Å². The fourth-order valence-corrected chi connectivity index (χ4v) is 1.98. The van der Waals surface area contributed by atoms with Gasteiger partial charge < -0.3 is 14.9 Å². The third-order valence-corrected chi connectivity index (χ3v) is 3.37. The molecule has 1 aliphatic heterocycles. The number of carboxylic acid groups (broad SMARTS) is 1. The molecule has 1 rings (SSSR count). The number of aliphatic carboxylic acids is 1. The number of piperidine rings is 1. The van der Waals surface area contributed by atoms with Crippen molar-refractivity contribution >= 4 is 12.0 Å². The molecule has 1 fully saturated rings. The number of hydrogen-bond donors (Lipinski definition) is 1. The summed E-state index contributed by atoms with van der Waals surface area (Å²) in [5.74, 6) is -0.961. The maximum absolute atomic E-state index is 12.1. The van der Waals surface area contributed by atoms with E-state index in [9.17, 15) is 9.59 Å². The van der Waals surface area contributed by atoms with E-state index in [1.807, 2.05) is 0 Å². The Morgan fingerprint density at radius 2 is 1.82 bits per heavy atom. The molecule has 2 amide bonds. The summed E-state index contributed by atoms with van der Waals surface area (Å²) < 4.78 is 0. The van der Waals surface area contributed by atoms with Gasteiger partial charge in [0, 0.05) is 19.6 Å². The second-order valence-electron chi connectivity index (χ2n) is 5.34. The lowest BCUT2D eigenvalue weighted by Crippen LogP contribution is -2.49. The number of amides is 2. The minimum Gasteiger partial charge on any atom is -0.480 e. The summed E-state index contributed by atoms with van der Waals surface area (Å²) in [4.78, 5) is 25.8. The zero-order chi connectivity index (χ0) is 13.1. The summed E-state index contributed by atoms with van der Waals surface area (Å²) in [6.07, 6.45) is 1.95. The van der Waals surface area contributed by atoms with E-state index < -0.39 is 5.97 Å². The van der Waals surface area contributed by atoms with Crippen molar-refractivity contribution < 1.29 is 14.7 Å². The van der Waals surface area contributed by atoms with Crippen LogP contribution in [0.5, 0.6) is 0 Å². The van der Waals surface area contributed by atoms with Gasteiger partial charge in [0.05, 0.1) is 0 Å². The number of hydrogen-bond acceptors (Lipinski definition) is 2. The van der Waals surface area contributed by atoms with E-state index in [1.54, 1.807) is 11.8 Å². The fourth-order valence-electron chi connectivity index (χ4n) is 1.98. The molecule has 0 unspecified atom stereocenters. The lowest BCUT2D eigenvalue weighted by atomic mass is 9.83. The van der Waals surface area contributed by atoms with Gasteiger partial charge in [0.1, 0.15) is 6.54 Å². The van der Waals surface area contributed by atoms with Crippen molar-refractivity contribution in [3.8, 4) is 0 Å². The first kappa shape index (κ1) is 13.8. The summed E-state index contributed by atoms with van der Waals surface area (Å²) >= 11 is 0. The quantitative estimate of drug-likeness (QED) is 0.818. The Hall–Kier alpha value is -1.26. The second kappa shape index (κ2) is 5.38. The van der Waals surface area contributed by atoms with Gasteiger partial charge in [-0.2, -0.15) is 0 Å². The average Bonchev–Trinajstić information content (AvgIpc) is 2.24. The van der Waals surface area contributed by atoms with Crippen LogP contribution in [-0.2, 0) is 4.79 Å². The fraction of sp³-hybridized carbons (Fsp3) is 0.833. The van der Waals surface area contributed by atoms with E-state index in [0.717, 1.165) is 25.9 Å². The molecule has 1 saturated heterocycles. The highest BCUT2D eigenvalue weighted by atomic mass is 16.4. The lowest BCUT2D eigenvalue weighted by Gasteiger charge is -2.38. The molecule has 17 heavy (non-hydrogen) atoms. The van der Waals surface area contributed by atoms with Crippen LogP contribution < -0.4 is 0 Å². The molecule has 0 aromatic heterocycles. The van der Waals surface area contributed by atoms with Crippen LogP contribution >= 0.6 is 0 Å². The minimum absolute atomic E-state index is 0.148. The number of carboxylic acids is 1. The Morgan fingerprint density at radius 1 is 1.29 bits per heavy atom. The van der Waals surface area contributed by atoms with Crippen molar-refractivity contribution in [1.29, 1.82) is 0 Å². The van der Waals surface area contributed by atoms with E-state index in [-0.39, 0.29) is 12.6 Å². The highest BCUT2D eigenvalue weighted by Crippen LogP contribution is 2.29. The van der Waals surface area contributed by atoms with Crippen molar-refractivity contribution in [3.63, 3.8) is 0 Å². The number of nitrogens with zero attached hydrogens (tertiary/aromatic N) is 2. The Morgan fingerprint density at radius 3 is 2.24 bits per heavy atom. The Labute approximate surface area is 102 Å². The van der Waals surface area contributed by atoms with Gasteiger partial charge in [0.2, 0.25) is 0 Å². The third-order valence-electron chi connectivity index (χ3n) is 3.37. The highest BCUT2D eigenvalue weighted by molar-refractivity contribution is 5.80. The summed E-state index contributed by atoms with van der Waals surface area (Å²) in [6, 6.07) is -0.148. The van der Waals surface area contributed by atoms with Gasteiger partial charge in [-0.1, -0.05) is 13.8 Å². The first-order valence-corrected chi connectivity index (χ1v) is 6.11. The average molecular weight is 242 g/mol. The number of likely N-dealkylation sites (N-methyl/N-ethyl adjacent to an activating group) is 1. The Bertz CT molecular complexity index is 292. The summed E-state index contributed by atoms with van der Waals surface area (Å²) in [6.45, 7) is 7.87. The predicted octanol–water partition coefficient (Wildman–Crippen LogP) is 1.63. The van der Waals surface area contributed by atoms with Crippen LogP contribution in [0.4, 0.5) is 4.79 Å². The third kappa shape index (κ3) is 3.91.